The zero-order valence-corrected chi connectivity index (χ0v) is 15.4. The highest BCUT2D eigenvalue weighted by molar-refractivity contribution is 6.11. The van der Waals surface area contributed by atoms with Crippen molar-refractivity contribution in [1.29, 1.82) is 0 Å². The van der Waals surface area contributed by atoms with Crippen LogP contribution in [0.25, 0.3) is 0 Å². The quantitative estimate of drug-likeness (QED) is 0.730. The maximum Gasteiger partial charge on any atom is 0.329 e. The van der Waals surface area contributed by atoms with Gasteiger partial charge in [0.2, 0.25) is 0 Å². The molecule has 7 nitrogen and oxygen atoms in total. The van der Waals surface area contributed by atoms with Gasteiger partial charge in [0.25, 0.3) is 11.6 Å². The maximum absolute atomic E-state index is 12.9. The second-order valence-electron chi connectivity index (χ2n) is 6.17. The predicted molar refractivity (Wildman–Crippen MR) is 103 cm³/mol. The molecule has 2 aromatic carbocycles. The molecule has 1 atom stereocenters. The molecule has 0 spiro atoms. The van der Waals surface area contributed by atoms with Crippen LogP contribution in [0.15, 0.2) is 48.5 Å². The van der Waals surface area contributed by atoms with Crippen molar-refractivity contribution in [3.05, 3.63) is 54.1 Å². The lowest BCUT2D eigenvalue weighted by Gasteiger charge is -2.42. The Hall–Kier alpha value is -3.06. The maximum atomic E-state index is 12.9. The Labute approximate surface area is 157 Å². The number of aliphatic hydroxyl groups is 1. The molecule has 3 amide bonds. The van der Waals surface area contributed by atoms with E-state index in [9.17, 15) is 14.7 Å². The van der Waals surface area contributed by atoms with E-state index in [0.29, 0.717) is 42.3 Å². The molecule has 0 radical (unpaired) electrons. The fourth-order valence-electron chi connectivity index (χ4n) is 3.08. The molecule has 0 saturated heterocycles. The number of carbonyl (C=O) groups excluding carboxylic acids is 2. The number of amides is 3. The summed E-state index contributed by atoms with van der Waals surface area (Å²) in [5.74, 6) is -0.0152. The summed E-state index contributed by atoms with van der Waals surface area (Å²) in [6.07, 6.45) is 0.707. The minimum atomic E-state index is -2.17. The summed E-state index contributed by atoms with van der Waals surface area (Å²) < 4.78 is 5.42. The first kappa shape index (κ1) is 18.7. The lowest BCUT2D eigenvalue weighted by molar-refractivity contribution is -0.140. The molecule has 1 unspecified atom stereocenters. The molecule has 0 saturated carbocycles. The van der Waals surface area contributed by atoms with Gasteiger partial charge in [0, 0.05) is 17.8 Å². The fourth-order valence-corrected chi connectivity index (χ4v) is 3.08. The number of urea groups is 1. The predicted octanol–water partition coefficient (Wildman–Crippen LogP) is 2.81. The average molecular weight is 369 g/mol. The molecule has 27 heavy (non-hydrogen) atoms. The third-order valence-corrected chi connectivity index (χ3v) is 4.33. The van der Waals surface area contributed by atoms with E-state index < -0.39 is 17.7 Å². The number of ether oxygens (including phenoxy) is 1. The van der Waals surface area contributed by atoms with Crippen molar-refractivity contribution in [1.82, 2.24) is 5.32 Å². The van der Waals surface area contributed by atoms with Gasteiger partial charge in [-0.25, -0.2) is 4.79 Å². The highest BCUT2D eigenvalue weighted by Crippen LogP contribution is 2.40. The molecule has 1 aliphatic rings. The van der Waals surface area contributed by atoms with E-state index in [1.807, 2.05) is 13.8 Å². The molecular formula is C20H23N3O4. The van der Waals surface area contributed by atoms with E-state index in [1.54, 1.807) is 48.5 Å². The van der Waals surface area contributed by atoms with Crippen molar-refractivity contribution in [3.63, 3.8) is 0 Å². The minimum absolute atomic E-state index is 0.312. The van der Waals surface area contributed by atoms with Crippen molar-refractivity contribution in [2.24, 2.45) is 0 Å². The Balaban J connectivity index is 2.09. The van der Waals surface area contributed by atoms with Crippen LogP contribution in [0.1, 0.15) is 25.8 Å². The molecule has 3 rings (SSSR count). The number of hydrogen-bond donors (Lipinski definition) is 3. The van der Waals surface area contributed by atoms with Crippen LogP contribution in [0.5, 0.6) is 5.75 Å². The summed E-state index contributed by atoms with van der Waals surface area (Å²) in [5, 5.41) is 16.9. The largest absolute Gasteiger partial charge is 0.494 e. The van der Waals surface area contributed by atoms with Gasteiger partial charge in [0.1, 0.15) is 5.75 Å². The first-order valence-electron chi connectivity index (χ1n) is 8.96. The highest BCUT2D eigenvalue weighted by Gasteiger charge is 2.51. The van der Waals surface area contributed by atoms with Crippen molar-refractivity contribution in [2.45, 2.75) is 26.0 Å². The second kappa shape index (κ2) is 7.67. The van der Waals surface area contributed by atoms with Gasteiger partial charge in [0.15, 0.2) is 0 Å². The smallest absolute Gasteiger partial charge is 0.329 e. The minimum Gasteiger partial charge on any atom is -0.494 e. The van der Waals surface area contributed by atoms with E-state index in [0.717, 1.165) is 4.90 Å². The molecule has 7 heteroatoms. The summed E-state index contributed by atoms with van der Waals surface area (Å²) in [6, 6.07) is 12.8. The van der Waals surface area contributed by atoms with Crippen LogP contribution in [0.3, 0.4) is 0 Å². The molecule has 0 fully saturated rings. The molecule has 142 valence electrons. The Morgan fingerprint density at radius 2 is 1.89 bits per heavy atom. The van der Waals surface area contributed by atoms with Crippen molar-refractivity contribution in [2.75, 3.05) is 23.4 Å². The van der Waals surface area contributed by atoms with Gasteiger partial charge in [-0.15, -0.1) is 0 Å². The molecule has 0 aliphatic carbocycles. The topological polar surface area (TPSA) is 90.9 Å². The summed E-state index contributed by atoms with van der Waals surface area (Å²) in [4.78, 5) is 26.8. The molecular weight excluding hydrogens is 346 g/mol. The van der Waals surface area contributed by atoms with Crippen LogP contribution >= 0.6 is 0 Å². The van der Waals surface area contributed by atoms with E-state index >= 15 is 0 Å². The lowest BCUT2D eigenvalue weighted by Crippen LogP contribution is -2.62. The third-order valence-electron chi connectivity index (χ3n) is 4.33. The number of nitrogens with zero attached hydrogens (tertiary/aromatic N) is 1. The number of nitrogens with one attached hydrogen (secondary N) is 2. The fraction of sp³-hybridized carbons (Fsp3) is 0.300. The highest BCUT2D eigenvalue weighted by atomic mass is 16.5. The third kappa shape index (κ3) is 3.33. The first-order valence-corrected chi connectivity index (χ1v) is 8.96. The summed E-state index contributed by atoms with van der Waals surface area (Å²) in [7, 11) is 0. The van der Waals surface area contributed by atoms with Gasteiger partial charge in [-0.05, 0) is 43.7 Å². The number of carbonyl (C=O) groups is 2. The van der Waals surface area contributed by atoms with Gasteiger partial charge in [0.05, 0.1) is 12.3 Å². The van der Waals surface area contributed by atoms with E-state index in [4.69, 9.17) is 4.74 Å². The van der Waals surface area contributed by atoms with Gasteiger partial charge < -0.3 is 20.5 Å². The Bertz CT molecular complexity index is 837. The Morgan fingerprint density at radius 1 is 1.19 bits per heavy atom. The normalized spacial score (nSPS) is 18.5. The first-order chi connectivity index (χ1) is 13.0. The van der Waals surface area contributed by atoms with Crippen LogP contribution < -0.4 is 20.3 Å². The van der Waals surface area contributed by atoms with E-state index in [1.165, 1.54) is 0 Å². The summed E-state index contributed by atoms with van der Waals surface area (Å²) in [6.45, 7) is 4.69. The van der Waals surface area contributed by atoms with Gasteiger partial charge in [-0.1, -0.05) is 25.1 Å². The monoisotopic (exact) mass is 369 g/mol. The van der Waals surface area contributed by atoms with Crippen molar-refractivity contribution in [3.8, 4) is 5.75 Å². The van der Waals surface area contributed by atoms with Crippen LogP contribution in [0, 0.1) is 0 Å². The lowest BCUT2D eigenvalue weighted by atomic mass is 9.94. The number of hydrogen-bond acceptors (Lipinski definition) is 4. The SMILES string of the molecule is CCCNC(=O)C1(O)c2ccccc2NC(=O)N1c1ccc(OCC)cc1. The van der Waals surface area contributed by atoms with Gasteiger partial charge in [-0.3, -0.25) is 9.69 Å². The summed E-state index contributed by atoms with van der Waals surface area (Å²) in [5.41, 5.74) is -1.08. The molecule has 0 bridgehead atoms. The van der Waals surface area contributed by atoms with Gasteiger partial charge >= 0.3 is 6.03 Å². The Morgan fingerprint density at radius 3 is 2.56 bits per heavy atom. The number of para-hydroxylation sites is 1. The second-order valence-corrected chi connectivity index (χ2v) is 6.17. The molecule has 2 aromatic rings. The van der Waals surface area contributed by atoms with Gasteiger partial charge in [-0.2, -0.15) is 0 Å². The van der Waals surface area contributed by atoms with E-state index in [-0.39, 0.29) is 0 Å². The standard InChI is InChI=1S/C20H23N3O4/c1-3-13-21-18(24)20(26)16-7-5-6-8-17(16)22-19(25)23(20)14-9-11-15(12-10-14)27-4-2/h5-12,26H,3-4,13H2,1-2H3,(H,21,24)(H,22,25). The Kier molecular flexibility index (Phi) is 5.32. The molecule has 3 N–H and O–H groups in total. The van der Waals surface area contributed by atoms with Crippen LogP contribution in [-0.2, 0) is 10.5 Å². The van der Waals surface area contributed by atoms with Crippen molar-refractivity contribution < 1.29 is 19.4 Å². The number of benzene rings is 2. The van der Waals surface area contributed by atoms with E-state index in [2.05, 4.69) is 10.6 Å². The number of anilines is 2. The molecule has 1 heterocycles. The molecule has 0 aromatic heterocycles. The number of fused-ring (bicyclic) bond motifs is 1. The summed E-state index contributed by atoms with van der Waals surface area (Å²) >= 11 is 0. The molecule has 1 aliphatic heterocycles. The van der Waals surface area contributed by atoms with Crippen molar-refractivity contribution >= 4 is 23.3 Å². The van der Waals surface area contributed by atoms with Crippen LogP contribution in [0.4, 0.5) is 16.2 Å². The average Bonchev–Trinajstić information content (AvgIpc) is 2.67. The van der Waals surface area contributed by atoms with Crippen LogP contribution in [0.2, 0.25) is 0 Å². The zero-order valence-electron chi connectivity index (χ0n) is 15.4. The number of rotatable bonds is 6. The van der Waals surface area contributed by atoms with Crippen LogP contribution in [-0.4, -0.2) is 30.2 Å². The zero-order chi connectivity index (χ0) is 19.4.